The SMILES string of the molecule is CCNC(=O)CN(C)S(=O)(=O)c1cc(Br)cnc1Cl. The van der Waals surface area contributed by atoms with Crippen molar-refractivity contribution in [2.45, 2.75) is 11.8 Å². The number of nitrogens with one attached hydrogen (secondary N) is 1. The fourth-order valence-electron chi connectivity index (χ4n) is 1.29. The summed E-state index contributed by atoms with van der Waals surface area (Å²) < 4.78 is 25.9. The fourth-order valence-corrected chi connectivity index (χ4v) is 3.34. The molecule has 0 aliphatic heterocycles. The minimum atomic E-state index is -3.86. The predicted octanol–water partition coefficient (Wildman–Crippen LogP) is 1.25. The minimum absolute atomic E-state index is 0.133. The molecule has 1 amide bonds. The topological polar surface area (TPSA) is 79.4 Å². The Labute approximate surface area is 125 Å². The molecule has 0 aromatic carbocycles. The van der Waals surface area contributed by atoms with Gasteiger partial charge in [-0.1, -0.05) is 11.6 Å². The maximum Gasteiger partial charge on any atom is 0.246 e. The van der Waals surface area contributed by atoms with Gasteiger partial charge in [0.2, 0.25) is 15.9 Å². The molecule has 1 heterocycles. The van der Waals surface area contributed by atoms with E-state index in [-0.39, 0.29) is 22.5 Å². The molecule has 6 nitrogen and oxygen atoms in total. The first-order valence-corrected chi connectivity index (χ1v) is 7.94. The molecule has 0 aliphatic carbocycles. The van der Waals surface area contributed by atoms with Crippen molar-refractivity contribution in [1.29, 1.82) is 0 Å². The van der Waals surface area contributed by atoms with Crippen LogP contribution in [0.15, 0.2) is 21.6 Å². The summed E-state index contributed by atoms with van der Waals surface area (Å²) in [4.78, 5) is 15.0. The average Bonchev–Trinajstić information content (AvgIpc) is 2.32. The number of carbonyl (C=O) groups is 1. The molecule has 1 aromatic rings. The Morgan fingerprint density at radius 3 is 2.79 bits per heavy atom. The van der Waals surface area contributed by atoms with Gasteiger partial charge in [0.25, 0.3) is 0 Å². The number of sulfonamides is 1. The third kappa shape index (κ3) is 4.13. The van der Waals surface area contributed by atoms with Crippen LogP contribution >= 0.6 is 27.5 Å². The molecule has 0 saturated heterocycles. The standard InChI is InChI=1S/C10H13BrClN3O3S/c1-3-13-9(16)6-15(2)19(17,18)8-4-7(11)5-14-10(8)12/h4-5H,3,6H2,1-2H3,(H,13,16). The fraction of sp³-hybridized carbons (Fsp3) is 0.400. The molecule has 106 valence electrons. The Morgan fingerprint density at radius 2 is 2.21 bits per heavy atom. The second-order valence-corrected chi connectivity index (χ2v) is 6.94. The molecule has 0 bridgehead atoms. The minimum Gasteiger partial charge on any atom is -0.355 e. The molecule has 0 unspecified atom stereocenters. The molecular formula is C10H13BrClN3O3S. The molecule has 1 aromatic heterocycles. The highest BCUT2D eigenvalue weighted by molar-refractivity contribution is 9.10. The van der Waals surface area contributed by atoms with Crippen molar-refractivity contribution in [3.05, 3.63) is 21.9 Å². The van der Waals surface area contributed by atoms with E-state index >= 15 is 0 Å². The van der Waals surface area contributed by atoms with Crippen LogP contribution in [0.5, 0.6) is 0 Å². The number of likely N-dealkylation sites (N-methyl/N-ethyl adjacent to an activating group) is 2. The molecule has 0 fully saturated rings. The molecule has 0 atom stereocenters. The molecule has 19 heavy (non-hydrogen) atoms. The monoisotopic (exact) mass is 369 g/mol. The smallest absolute Gasteiger partial charge is 0.246 e. The molecule has 0 aliphatic rings. The predicted molar refractivity (Wildman–Crippen MR) is 75.4 cm³/mol. The van der Waals surface area contributed by atoms with Crippen LogP contribution in [0.3, 0.4) is 0 Å². The molecule has 9 heteroatoms. The van der Waals surface area contributed by atoms with E-state index in [0.717, 1.165) is 4.31 Å². The quantitative estimate of drug-likeness (QED) is 0.791. The number of carbonyl (C=O) groups excluding carboxylic acids is 1. The number of amides is 1. The molecule has 0 radical (unpaired) electrons. The summed E-state index contributed by atoms with van der Waals surface area (Å²) in [7, 11) is -2.55. The summed E-state index contributed by atoms with van der Waals surface area (Å²) in [5, 5.41) is 2.39. The van der Waals surface area contributed by atoms with E-state index < -0.39 is 10.0 Å². The van der Waals surface area contributed by atoms with Gasteiger partial charge in [0.05, 0.1) is 6.54 Å². The van der Waals surface area contributed by atoms with E-state index in [4.69, 9.17) is 11.6 Å². The molecule has 0 spiro atoms. The van der Waals surface area contributed by atoms with Crippen molar-refractivity contribution in [2.75, 3.05) is 20.1 Å². The highest BCUT2D eigenvalue weighted by Gasteiger charge is 2.26. The molecule has 1 N–H and O–H groups in total. The van der Waals surface area contributed by atoms with Gasteiger partial charge in [0.1, 0.15) is 10.0 Å². The zero-order valence-electron chi connectivity index (χ0n) is 10.4. The van der Waals surface area contributed by atoms with Gasteiger partial charge < -0.3 is 5.32 Å². The van der Waals surface area contributed by atoms with Crippen LogP contribution in [0.4, 0.5) is 0 Å². The summed E-state index contributed by atoms with van der Waals surface area (Å²) in [6, 6.07) is 1.35. The van der Waals surface area contributed by atoms with Crippen LogP contribution in [0.25, 0.3) is 0 Å². The van der Waals surface area contributed by atoms with Crippen molar-refractivity contribution in [2.24, 2.45) is 0 Å². The van der Waals surface area contributed by atoms with Crippen LogP contribution in [-0.4, -0.2) is 43.8 Å². The summed E-state index contributed by atoms with van der Waals surface area (Å²) >= 11 is 8.91. The van der Waals surface area contributed by atoms with Gasteiger partial charge in [-0.05, 0) is 28.9 Å². The lowest BCUT2D eigenvalue weighted by Gasteiger charge is -2.17. The van der Waals surface area contributed by atoms with Gasteiger partial charge >= 0.3 is 0 Å². The van der Waals surface area contributed by atoms with Gasteiger partial charge in [-0.3, -0.25) is 4.79 Å². The van der Waals surface area contributed by atoms with Gasteiger partial charge in [-0.25, -0.2) is 13.4 Å². The number of halogens is 2. The van der Waals surface area contributed by atoms with E-state index in [1.54, 1.807) is 6.92 Å². The Morgan fingerprint density at radius 1 is 1.58 bits per heavy atom. The normalized spacial score (nSPS) is 11.6. The van der Waals surface area contributed by atoms with Crippen molar-refractivity contribution in [3.63, 3.8) is 0 Å². The van der Waals surface area contributed by atoms with Crippen LogP contribution < -0.4 is 5.32 Å². The Kier molecular flexibility index (Phi) is 5.72. The number of rotatable bonds is 5. The summed E-state index contributed by atoms with van der Waals surface area (Å²) in [5.74, 6) is -0.382. The van der Waals surface area contributed by atoms with Crippen LogP contribution in [0.1, 0.15) is 6.92 Å². The molecule has 0 saturated carbocycles. The van der Waals surface area contributed by atoms with E-state index in [1.165, 1.54) is 19.3 Å². The number of hydrogen-bond donors (Lipinski definition) is 1. The van der Waals surface area contributed by atoms with Crippen LogP contribution in [-0.2, 0) is 14.8 Å². The maximum absolute atomic E-state index is 12.2. The summed E-state index contributed by atoms with van der Waals surface area (Å²) in [5.41, 5.74) is 0. The number of hydrogen-bond acceptors (Lipinski definition) is 4. The first kappa shape index (κ1) is 16.4. The van der Waals surface area contributed by atoms with Crippen molar-refractivity contribution in [1.82, 2.24) is 14.6 Å². The highest BCUT2D eigenvalue weighted by atomic mass is 79.9. The lowest BCUT2D eigenvalue weighted by Crippen LogP contribution is -2.38. The van der Waals surface area contributed by atoms with Gasteiger partial charge in [0.15, 0.2) is 0 Å². The second kappa shape index (κ2) is 6.65. The zero-order valence-corrected chi connectivity index (χ0v) is 13.5. The van der Waals surface area contributed by atoms with Crippen molar-refractivity contribution in [3.8, 4) is 0 Å². The van der Waals surface area contributed by atoms with E-state index in [9.17, 15) is 13.2 Å². The zero-order chi connectivity index (χ0) is 14.6. The number of pyridine rings is 1. The van der Waals surface area contributed by atoms with Crippen molar-refractivity contribution >= 4 is 43.5 Å². The van der Waals surface area contributed by atoms with E-state index in [2.05, 4.69) is 26.2 Å². The van der Waals surface area contributed by atoms with Gasteiger partial charge in [-0.2, -0.15) is 4.31 Å². The highest BCUT2D eigenvalue weighted by Crippen LogP contribution is 2.24. The lowest BCUT2D eigenvalue weighted by molar-refractivity contribution is -0.121. The Balaban J connectivity index is 3.03. The first-order valence-electron chi connectivity index (χ1n) is 5.33. The third-order valence-electron chi connectivity index (χ3n) is 2.20. The van der Waals surface area contributed by atoms with E-state index in [0.29, 0.717) is 11.0 Å². The molecule has 1 rings (SSSR count). The third-order valence-corrected chi connectivity index (χ3v) is 4.87. The number of nitrogens with zero attached hydrogens (tertiary/aromatic N) is 2. The number of aromatic nitrogens is 1. The Bertz CT molecular complexity index is 579. The largest absolute Gasteiger partial charge is 0.355 e. The molecular weight excluding hydrogens is 358 g/mol. The van der Waals surface area contributed by atoms with Crippen LogP contribution in [0.2, 0.25) is 5.15 Å². The first-order chi connectivity index (χ1) is 8.78. The van der Waals surface area contributed by atoms with E-state index in [1.807, 2.05) is 0 Å². The lowest BCUT2D eigenvalue weighted by atomic mass is 10.5. The Hall–Kier alpha value is -0.700. The van der Waals surface area contributed by atoms with Crippen LogP contribution in [0, 0.1) is 0 Å². The maximum atomic E-state index is 12.2. The summed E-state index contributed by atoms with van der Waals surface area (Å²) in [6.07, 6.45) is 1.39. The average molecular weight is 371 g/mol. The van der Waals surface area contributed by atoms with Crippen molar-refractivity contribution < 1.29 is 13.2 Å². The van der Waals surface area contributed by atoms with Gasteiger partial charge in [0, 0.05) is 24.3 Å². The summed E-state index contributed by atoms with van der Waals surface area (Å²) in [6.45, 7) is 1.91. The van der Waals surface area contributed by atoms with Gasteiger partial charge in [-0.15, -0.1) is 0 Å². The second-order valence-electron chi connectivity index (χ2n) is 3.66.